The molecular formula is C29H34ClN3O6S. The number of aryl methyl sites for hydroxylation is 2. The Morgan fingerprint density at radius 2 is 1.52 bits per heavy atom. The van der Waals surface area contributed by atoms with Crippen LogP contribution in [-0.4, -0.2) is 59.0 Å². The van der Waals surface area contributed by atoms with Crippen molar-refractivity contribution >= 4 is 39.1 Å². The number of hydrogen-bond acceptors (Lipinski definition) is 6. The van der Waals surface area contributed by atoms with Gasteiger partial charge >= 0.3 is 0 Å². The topological polar surface area (TPSA) is 105 Å². The summed E-state index contributed by atoms with van der Waals surface area (Å²) in [5, 5.41) is 3.09. The summed E-state index contributed by atoms with van der Waals surface area (Å²) in [6, 6.07) is 15.6. The lowest BCUT2D eigenvalue weighted by Gasteiger charge is -2.32. The average Bonchev–Trinajstić information content (AvgIpc) is 2.93. The number of rotatable bonds is 11. The Morgan fingerprint density at radius 1 is 0.925 bits per heavy atom. The summed E-state index contributed by atoms with van der Waals surface area (Å²) in [7, 11) is 0.0726. The van der Waals surface area contributed by atoms with Gasteiger partial charge in [0, 0.05) is 24.7 Å². The molecule has 3 rings (SSSR count). The van der Waals surface area contributed by atoms with E-state index in [1.165, 1.54) is 44.4 Å². The highest BCUT2D eigenvalue weighted by Gasteiger charge is 2.33. The maximum Gasteiger partial charge on any atom is 0.264 e. The zero-order valence-corrected chi connectivity index (χ0v) is 25.0. The molecular weight excluding hydrogens is 554 g/mol. The molecule has 0 aliphatic rings. The number of carbonyl (C=O) groups is 2. The average molecular weight is 588 g/mol. The Morgan fingerprint density at radius 3 is 2.08 bits per heavy atom. The van der Waals surface area contributed by atoms with Gasteiger partial charge in [-0.25, -0.2) is 8.42 Å². The molecule has 3 aromatic rings. The largest absolute Gasteiger partial charge is 0.493 e. The quantitative estimate of drug-likeness (QED) is 0.358. The summed E-state index contributed by atoms with van der Waals surface area (Å²) < 4.78 is 39.8. The van der Waals surface area contributed by atoms with Crippen molar-refractivity contribution in [2.45, 2.75) is 38.3 Å². The summed E-state index contributed by atoms with van der Waals surface area (Å²) in [6.07, 6.45) is 0. The molecule has 0 aliphatic heterocycles. The second-order valence-corrected chi connectivity index (χ2v) is 11.6. The summed E-state index contributed by atoms with van der Waals surface area (Å²) in [6.45, 7) is 4.81. The van der Waals surface area contributed by atoms with Crippen LogP contribution in [0, 0.1) is 13.8 Å². The van der Waals surface area contributed by atoms with Crippen LogP contribution in [0.5, 0.6) is 11.5 Å². The maximum absolute atomic E-state index is 14.1. The van der Waals surface area contributed by atoms with Crippen molar-refractivity contribution in [3.8, 4) is 11.5 Å². The first kappa shape index (κ1) is 30.8. The van der Waals surface area contributed by atoms with Crippen molar-refractivity contribution < 1.29 is 27.5 Å². The monoisotopic (exact) mass is 587 g/mol. The highest BCUT2D eigenvalue weighted by Crippen LogP contribution is 2.33. The van der Waals surface area contributed by atoms with Crippen molar-refractivity contribution in [1.82, 2.24) is 10.2 Å². The Labute approximate surface area is 240 Å². The van der Waals surface area contributed by atoms with Crippen molar-refractivity contribution in [3.63, 3.8) is 0 Å². The molecule has 1 atom stereocenters. The van der Waals surface area contributed by atoms with E-state index in [9.17, 15) is 18.0 Å². The molecule has 0 radical (unpaired) electrons. The number of amides is 2. The summed E-state index contributed by atoms with van der Waals surface area (Å²) >= 11 is 6.02. The molecule has 0 saturated heterocycles. The number of likely N-dealkylation sites (N-methyl/N-ethyl adjacent to an activating group) is 1. The minimum Gasteiger partial charge on any atom is -0.493 e. The van der Waals surface area contributed by atoms with Crippen molar-refractivity contribution in [1.29, 1.82) is 0 Å². The van der Waals surface area contributed by atoms with E-state index in [1.807, 2.05) is 19.9 Å². The zero-order valence-electron chi connectivity index (χ0n) is 23.4. The van der Waals surface area contributed by atoms with Gasteiger partial charge in [0.2, 0.25) is 11.8 Å². The van der Waals surface area contributed by atoms with E-state index in [0.29, 0.717) is 16.5 Å². The van der Waals surface area contributed by atoms with Crippen LogP contribution in [0.25, 0.3) is 0 Å². The molecule has 3 aromatic carbocycles. The predicted molar refractivity (Wildman–Crippen MR) is 156 cm³/mol. The summed E-state index contributed by atoms with van der Waals surface area (Å²) in [5.41, 5.74) is 2.70. The van der Waals surface area contributed by atoms with Crippen LogP contribution in [0.2, 0.25) is 5.02 Å². The fourth-order valence-corrected chi connectivity index (χ4v) is 5.85. The van der Waals surface area contributed by atoms with Gasteiger partial charge in [0.15, 0.2) is 11.5 Å². The maximum atomic E-state index is 14.1. The second-order valence-electron chi connectivity index (χ2n) is 9.31. The lowest BCUT2D eigenvalue weighted by atomic mass is 10.1. The number of sulfonamides is 1. The van der Waals surface area contributed by atoms with Crippen LogP contribution < -0.4 is 19.1 Å². The number of carbonyl (C=O) groups excluding carboxylic acids is 2. The third-order valence-corrected chi connectivity index (χ3v) is 8.42. The van der Waals surface area contributed by atoms with Crippen molar-refractivity contribution in [2.75, 3.05) is 32.1 Å². The van der Waals surface area contributed by atoms with Crippen LogP contribution in [0.4, 0.5) is 5.69 Å². The lowest BCUT2D eigenvalue weighted by Crippen LogP contribution is -2.50. The lowest BCUT2D eigenvalue weighted by molar-refractivity contribution is -0.139. The number of hydrogen-bond donors (Lipinski definition) is 1. The minimum atomic E-state index is -4.27. The third kappa shape index (κ3) is 7.05. The number of benzene rings is 3. The molecule has 0 heterocycles. The third-order valence-electron chi connectivity index (χ3n) is 6.40. The molecule has 40 heavy (non-hydrogen) atoms. The van der Waals surface area contributed by atoms with E-state index < -0.39 is 28.5 Å². The Hall–Kier alpha value is -3.76. The fraction of sp³-hybridized carbons (Fsp3) is 0.310. The SMILES string of the molecule is CNC(=O)C(C)N(Cc1ccc(Cl)cc1)C(=O)CN(c1cc(C)cc(C)c1)S(=O)(=O)c1ccc(OC)c(OC)c1. The van der Waals surface area contributed by atoms with Crippen LogP contribution in [0.3, 0.4) is 0 Å². The van der Waals surface area contributed by atoms with Gasteiger partial charge in [-0.3, -0.25) is 13.9 Å². The van der Waals surface area contributed by atoms with Crippen LogP contribution in [-0.2, 0) is 26.2 Å². The molecule has 214 valence electrons. The predicted octanol–water partition coefficient (Wildman–Crippen LogP) is 4.33. The normalized spacial score (nSPS) is 11.9. The molecule has 1 N–H and O–H groups in total. The molecule has 0 spiro atoms. The van der Waals surface area contributed by atoms with E-state index in [-0.39, 0.29) is 23.1 Å². The standard InChI is InChI=1S/C29H34ClN3O6S/c1-19-13-20(2)15-24(14-19)33(40(36,37)25-11-12-26(38-5)27(16-25)39-6)18-28(34)32(21(3)29(35)31-4)17-22-7-9-23(30)10-8-22/h7-16,21H,17-18H2,1-6H3,(H,31,35). The van der Waals surface area contributed by atoms with Gasteiger partial charge in [-0.05, 0) is 73.9 Å². The molecule has 0 fully saturated rings. The number of methoxy groups -OCH3 is 2. The van der Waals surface area contributed by atoms with Gasteiger partial charge in [-0.2, -0.15) is 0 Å². The van der Waals surface area contributed by atoms with Crippen LogP contribution in [0.1, 0.15) is 23.6 Å². The number of halogens is 1. The number of anilines is 1. The Bertz CT molecular complexity index is 1460. The van der Waals surface area contributed by atoms with E-state index in [2.05, 4.69) is 5.32 Å². The van der Waals surface area contributed by atoms with Gasteiger partial charge in [-0.1, -0.05) is 29.8 Å². The van der Waals surface area contributed by atoms with Gasteiger partial charge in [0.05, 0.1) is 24.8 Å². The minimum absolute atomic E-state index is 0.0711. The zero-order chi connectivity index (χ0) is 29.6. The van der Waals surface area contributed by atoms with Gasteiger partial charge in [-0.15, -0.1) is 0 Å². The Kier molecular flexibility index (Phi) is 10.1. The highest BCUT2D eigenvalue weighted by atomic mass is 35.5. The molecule has 0 bridgehead atoms. The van der Waals surface area contributed by atoms with E-state index in [0.717, 1.165) is 21.0 Å². The van der Waals surface area contributed by atoms with Gasteiger partial charge < -0.3 is 19.7 Å². The first-order chi connectivity index (χ1) is 18.9. The first-order valence-corrected chi connectivity index (χ1v) is 14.3. The number of nitrogens with one attached hydrogen (secondary N) is 1. The van der Waals surface area contributed by atoms with E-state index in [4.69, 9.17) is 21.1 Å². The van der Waals surface area contributed by atoms with E-state index >= 15 is 0 Å². The molecule has 0 aliphatic carbocycles. The smallest absolute Gasteiger partial charge is 0.264 e. The van der Waals surface area contributed by atoms with Gasteiger partial charge in [0.25, 0.3) is 10.0 Å². The number of nitrogens with zero attached hydrogens (tertiary/aromatic N) is 2. The Balaban J connectivity index is 2.10. The van der Waals surface area contributed by atoms with Gasteiger partial charge in [0.1, 0.15) is 12.6 Å². The highest BCUT2D eigenvalue weighted by molar-refractivity contribution is 7.92. The van der Waals surface area contributed by atoms with Crippen LogP contribution >= 0.6 is 11.6 Å². The van der Waals surface area contributed by atoms with Crippen molar-refractivity contribution in [2.24, 2.45) is 0 Å². The molecule has 0 saturated carbocycles. The fourth-order valence-electron chi connectivity index (χ4n) is 4.31. The first-order valence-electron chi connectivity index (χ1n) is 12.5. The molecule has 11 heteroatoms. The van der Waals surface area contributed by atoms with Crippen LogP contribution in [0.15, 0.2) is 65.6 Å². The molecule has 9 nitrogen and oxygen atoms in total. The van der Waals surface area contributed by atoms with Crippen molar-refractivity contribution in [3.05, 3.63) is 82.4 Å². The second kappa shape index (κ2) is 13.1. The summed E-state index contributed by atoms with van der Waals surface area (Å²) in [5.74, 6) is -0.353. The summed E-state index contributed by atoms with van der Waals surface area (Å²) in [4.78, 5) is 27.8. The van der Waals surface area contributed by atoms with E-state index in [1.54, 1.807) is 43.3 Å². The molecule has 1 unspecified atom stereocenters. The molecule has 0 aromatic heterocycles. The molecule has 2 amide bonds. The number of ether oxygens (including phenoxy) is 2.